The predicted molar refractivity (Wildman–Crippen MR) is 126 cm³/mol. The van der Waals surface area contributed by atoms with Gasteiger partial charge in [-0.15, -0.1) is 0 Å². The van der Waals surface area contributed by atoms with E-state index in [1.807, 2.05) is 6.07 Å². The highest BCUT2D eigenvalue weighted by atomic mass is 35.5. The number of benzene rings is 1. The second-order valence-electron chi connectivity index (χ2n) is 7.36. The summed E-state index contributed by atoms with van der Waals surface area (Å²) in [6.45, 7) is 0.317. The highest BCUT2D eigenvalue weighted by Gasteiger charge is 2.46. The predicted octanol–water partition coefficient (Wildman–Crippen LogP) is 0.285. The molecule has 2 heterocycles. The van der Waals surface area contributed by atoms with E-state index in [-0.39, 0.29) is 30.0 Å². The summed E-state index contributed by atoms with van der Waals surface area (Å²) in [5.41, 5.74) is 7.73. The molecule has 0 saturated heterocycles. The number of hydrazone groups is 1. The number of carbonyl (C=O) groups is 1. The van der Waals surface area contributed by atoms with Gasteiger partial charge in [-0.1, -0.05) is 30.3 Å². The maximum atomic E-state index is 12.4. The van der Waals surface area contributed by atoms with Gasteiger partial charge in [0.05, 0.1) is 19.0 Å². The van der Waals surface area contributed by atoms with Crippen LogP contribution in [0.3, 0.4) is 0 Å². The van der Waals surface area contributed by atoms with Crippen molar-refractivity contribution in [2.75, 3.05) is 19.5 Å². The van der Waals surface area contributed by atoms with Gasteiger partial charge in [0.1, 0.15) is 5.52 Å². The molecule has 0 aliphatic rings. The maximum Gasteiger partial charge on any atom is 0.344 e. The molecule has 13 nitrogen and oxygen atoms in total. The maximum absolute atomic E-state index is 12.4. The van der Waals surface area contributed by atoms with E-state index in [1.165, 1.54) is 7.11 Å². The molecule has 0 aliphatic carbocycles. The molecule has 1 aromatic carbocycles. The lowest BCUT2D eigenvalue weighted by molar-refractivity contribution is -0.160. The Balaban J connectivity index is 1.78. The number of rotatable bonds is 11. The lowest BCUT2D eigenvalue weighted by Gasteiger charge is -2.31. The van der Waals surface area contributed by atoms with Gasteiger partial charge in [-0.2, -0.15) is 15.1 Å². The van der Waals surface area contributed by atoms with E-state index < -0.39 is 17.7 Å². The third kappa shape index (κ3) is 5.34. The normalized spacial score (nSPS) is 14.6. The summed E-state index contributed by atoms with van der Waals surface area (Å²) in [6.07, 6.45) is 1.42. The average molecular weight is 492 g/mol. The monoisotopic (exact) mass is 491 g/mol. The number of aromatic nitrogens is 4. The molecule has 2 atom stereocenters. The number of aliphatic carboxylic acids is 1. The van der Waals surface area contributed by atoms with E-state index in [9.17, 15) is 9.90 Å². The van der Waals surface area contributed by atoms with Crippen molar-refractivity contribution in [2.45, 2.75) is 31.1 Å². The first-order chi connectivity index (χ1) is 16.3. The fraction of sp³-hybridized carbons (Fsp3) is 0.350. The highest BCUT2D eigenvalue weighted by Crippen LogP contribution is 2.23. The number of hydrogen-bond acceptors (Lipinski definition) is 10. The summed E-state index contributed by atoms with van der Waals surface area (Å²) < 4.78 is 13.2. The minimum absolute atomic E-state index is 0.00779. The van der Waals surface area contributed by atoms with Crippen LogP contribution in [0.25, 0.3) is 11.2 Å². The first-order valence-corrected chi connectivity index (χ1v) is 10.5. The van der Waals surface area contributed by atoms with Crippen molar-refractivity contribution in [3.63, 3.8) is 0 Å². The van der Waals surface area contributed by atoms with Crippen molar-refractivity contribution in [3.05, 3.63) is 47.5 Å². The third-order valence-corrected chi connectivity index (χ3v) is 5.46. The van der Waals surface area contributed by atoms with E-state index in [0.29, 0.717) is 29.7 Å². The Morgan fingerprint density at radius 3 is 2.71 bits per heavy atom. The molecule has 0 amide bonds. The highest BCUT2D eigenvalue weighted by molar-refractivity contribution is 6.28. The lowest BCUT2D eigenvalue weighted by Crippen LogP contribution is -2.59. The SMILES string of the molecule is COC(CCn1cnc2c(N)nc(Cl)nc21)CO[C@](Cc1ccccc1)(C(=O)O)/C(=N/N)NN. The molecule has 1 unspecified atom stereocenters. The lowest BCUT2D eigenvalue weighted by atomic mass is 9.92. The molecule has 0 radical (unpaired) electrons. The number of aryl methyl sites for hydroxylation is 1. The van der Waals surface area contributed by atoms with Crippen LogP contribution in [0.15, 0.2) is 41.8 Å². The number of amidine groups is 1. The second-order valence-corrected chi connectivity index (χ2v) is 7.70. The molecule has 3 aromatic rings. The van der Waals surface area contributed by atoms with Gasteiger partial charge in [0.25, 0.3) is 0 Å². The molecule has 0 aliphatic heterocycles. The number of imidazole rings is 1. The molecule has 0 bridgehead atoms. The molecular weight excluding hydrogens is 466 g/mol. The van der Waals surface area contributed by atoms with Crippen LogP contribution >= 0.6 is 11.6 Å². The number of nitrogens with one attached hydrogen (secondary N) is 1. The van der Waals surface area contributed by atoms with Crippen LogP contribution in [0.4, 0.5) is 5.82 Å². The molecule has 34 heavy (non-hydrogen) atoms. The summed E-state index contributed by atoms with van der Waals surface area (Å²) in [5.74, 6) is 9.58. The van der Waals surface area contributed by atoms with Gasteiger partial charge in [-0.3, -0.25) is 0 Å². The Hall–Kier alpha value is -3.52. The molecule has 182 valence electrons. The number of carboxylic acids is 1. The van der Waals surface area contributed by atoms with Crippen LogP contribution in [-0.2, 0) is 27.2 Å². The number of ether oxygens (including phenoxy) is 2. The van der Waals surface area contributed by atoms with E-state index in [1.54, 1.807) is 35.2 Å². The topological polar surface area (TPSA) is 202 Å². The van der Waals surface area contributed by atoms with Crippen molar-refractivity contribution in [1.82, 2.24) is 24.9 Å². The number of fused-ring (bicyclic) bond motifs is 1. The summed E-state index contributed by atoms with van der Waals surface area (Å²) >= 11 is 5.91. The number of halogens is 1. The molecule has 3 rings (SSSR count). The fourth-order valence-corrected chi connectivity index (χ4v) is 3.64. The molecule has 0 saturated carbocycles. The number of nitrogen functional groups attached to an aromatic ring is 1. The Labute approximate surface area is 199 Å². The van der Waals surface area contributed by atoms with Crippen LogP contribution < -0.4 is 22.8 Å². The van der Waals surface area contributed by atoms with Gasteiger partial charge in [0.15, 0.2) is 17.3 Å². The summed E-state index contributed by atoms with van der Waals surface area (Å²) in [6, 6.07) is 8.92. The number of nitrogens with zero attached hydrogens (tertiary/aromatic N) is 5. The summed E-state index contributed by atoms with van der Waals surface area (Å²) in [4.78, 5) is 24.7. The number of anilines is 1. The summed E-state index contributed by atoms with van der Waals surface area (Å²) in [7, 11) is 1.50. The summed E-state index contributed by atoms with van der Waals surface area (Å²) in [5, 5.41) is 13.6. The van der Waals surface area contributed by atoms with Gasteiger partial charge >= 0.3 is 5.97 Å². The molecule has 2 aromatic heterocycles. The Morgan fingerprint density at radius 1 is 1.35 bits per heavy atom. The van der Waals surface area contributed by atoms with Gasteiger partial charge in [0, 0.05) is 20.1 Å². The number of hydrogen-bond donors (Lipinski definition) is 5. The minimum Gasteiger partial charge on any atom is -0.479 e. The van der Waals surface area contributed by atoms with E-state index >= 15 is 0 Å². The molecular formula is C20H26ClN9O4. The Kier molecular flexibility index (Phi) is 8.17. The largest absolute Gasteiger partial charge is 0.479 e. The molecule has 14 heteroatoms. The van der Waals surface area contributed by atoms with Crippen molar-refractivity contribution >= 4 is 40.4 Å². The van der Waals surface area contributed by atoms with Crippen LogP contribution in [0.1, 0.15) is 12.0 Å². The molecule has 8 N–H and O–H groups in total. The number of nitrogens with two attached hydrogens (primary N) is 3. The fourth-order valence-electron chi connectivity index (χ4n) is 3.47. The van der Waals surface area contributed by atoms with Crippen molar-refractivity contribution in [3.8, 4) is 0 Å². The van der Waals surface area contributed by atoms with Crippen LogP contribution in [0.5, 0.6) is 0 Å². The average Bonchev–Trinajstić information content (AvgIpc) is 3.23. The van der Waals surface area contributed by atoms with Gasteiger partial charge in [-0.25, -0.2) is 15.6 Å². The number of hydrazine groups is 1. The molecule has 0 fully saturated rings. The number of carboxylic acid groups (broad SMARTS) is 1. The van der Waals surface area contributed by atoms with E-state index in [2.05, 4.69) is 25.5 Å². The zero-order valence-electron chi connectivity index (χ0n) is 18.4. The van der Waals surface area contributed by atoms with Crippen LogP contribution in [0, 0.1) is 0 Å². The van der Waals surface area contributed by atoms with Crippen molar-refractivity contribution in [2.24, 2.45) is 16.8 Å². The Bertz CT molecular complexity index is 1160. The Morgan fingerprint density at radius 2 is 2.09 bits per heavy atom. The van der Waals surface area contributed by atoms with Gasteiger partial charge in [-0.05, 0) is 23.6 Å². The van der Waals surface area contributed by atoms with Crippen LogP contribution in [0.2, 0.25) is 5.28 Å². The zero-order chi connectivity index (χ0) is 24.7. The minimum atomic E-state index is -1.96. The van der Waals surface area contributed by atoms with E-state index in [0.717, 1.165) is 0 Å². The zero-order valence-corrected chi connectivity index (χ0v) is 19.1. The van der Waals surface area contributed by atoms with Gasteiger partial charge < -0.3 is 36.1 Å². The molecule has 0 spiro atoms. The first-order valence-electron chi connectivity index (χ1n) is 10.2. The number of methoxy groups -OCH3 is 1. The quantitative estimate of drug-likeness (QED) is 0.0810. The van der Waals surface area contributed by atoms with E-state index in [4.69, 9.17) is 38.5 Å². The second kappa shape index (κ2) is 11.1. The third-order valence-electron chi connectivity index (χ3n) is 5.29. The van der Waals surface area contributed by atoms with Crippen LogP contribution in [-0.4, -0.2) is 61.9 Å². The standard InChI is InChI=1S/C20H26ClN9O4/c1-33-13(7-8-30-11-25-14-15(22)26-19(21)27-16(14)30)10-34-20(18(31)32,17(28-23)29-24)9-12-5-3-2-4-6-12/h2-6,11,13H,7-10,23-24H2,1H3,(H,28,29)(H,31,32)(H2,22,26,27)/t13?,20-/m0/s1. The van der Waals surface area contributed by atoms with Crippen molar-refractivity contribution in [1.29, 1.82) is 0 Å². The first kappa shape index (κ1) is 25.1. The smallest absolute Gasteiger partial charge is 0.344 e. The van der Waals surface area contributed by atoms with Gasteiger partial charge in [0.2, 0.25) is 10.9 Å². The van der Waals surface area contributed by atoms with Crippen molar-refractivity contribution < 1.29 is 19.4 Å².